The van der Waals surface area contributed by atoms with E-state index >= 15 is 0 Å². The number of carbonyl (C=O) groups is 1. The predicted molar refractivity (Wildman–Crippen MR) is 113 cm³/mol. The van der Waals surface area contributed by atoms with E-state index in [2.05, 4.69) is 16.9 Å². The molecule has 2 aromatic rings. The van der Waals surface area contributed by atoms with Crippen molar-refractivity contribution in [2.24, 2.45) is 5.92 Å². The van der Waals surface area contributed by atoms with Gasteiger partial charge >= 0.3 is 6.18 Å². The van der Waals surface area contributed by atoms with Crippen molar-refractivity contribution in [3.05, 3.63) is 36.0 Å². The number of hydrogen-bond donors (Lipinski definition) is 0. The first-order chi connectivity index (χ1) is 14.7. The minimum absolute atomic E-state index is 0.0687. The van der Waals surface area contributed by atoms with Crippen LogP contribution in [0.15, 0.2) is 30.5 Å². The normalized spacial score (nSPS) is 24.0. The Morgan fingerprint density at radius 2 is 1.94 bits per heavy atom. The highest BCUT2D eigenvalue weighted by molar-refractivity contribution is 5.94. The number of ketones is 1. The fourth-order valence-corrected chi connectivity index (χ4v) is 4.67. The first-order valence-corrected chi connectivity index (χ1v) is 10.8. The van der Waals surface area contributed by atoms with E-state index in [1.807, 2.05) is 11.8 Å². The third kappa shape index (κ3) is 4.85. The van der Waals surface area contributed by atoms with E-state index in [1.165, 1.54) is 12.3 Å². The molecule has 0 bridgehead atoms. The second-order valence-corrected chi connectivity index (χ2v) is 8.79. The summed E-state index contributed by atoms with van der Waals surface area (Å²) >= 11 is 0. The van der Waals surface area contributed by atoms with Crippen LogP contribution in [0.5, 0.6) is 0 Å². The zero-order valence-corrected chi connectivity index (χ0v) is 17.9. The van der Waals surface area contributed by atoms with Crippen LogP contribution in [0.1, 0.15) is 31.7 Å². The van der Waals surface area contributed by atoms with Crippen molar-refractivity contribution >= 4 is 22.4 Å². The number of benzene rings is 1. The minimum atomic E-state index is -4.48. The van der Waals surface area contributed by atoms with E-state index < -0.39 is 17.8 Å². The van der Waals surface area contributed by atoms with Gasteiger partial charge in [0.2, 0.25) is 0 Å². The number of fused-ring (bicyclic) bond motifs is 1. The third-order valence-electron chi connectivity index (χ3n) is 6.34. The number of Topliss-reactive ketones (excluding diaryl/α,β-unsaturated/α-hetero) is 1. The largest absolute Gasteiger partial charge is 0.418 e. The van der Waals surface area contributed by atoms with Crippen molar-refractivity contribution in [3.63, 3.8) is 0 Å². The zero-order chi connectivity index (χ0) is 22.2. The number of morpholine rings is 1. The van der Waals surface area contributed by atoms with Crippen LogP contribution in [0.2, 0.25) is 0 Å². The van der Waals surface area contributed by atoms with Crippen LogP contribution in [0, 0.1) is 5.92 Å². The van der Waals surface area contributed by atoms with E-state index in [0.717, 1.165) is 32.0 Å². The minimum Gasteiger partial charge on any atom is -0.365 e. The van der Waals surface area contributed by atoms with Gasteiger partial charge in [0.25, 0.3) is 0 Å². The van der Waals surface area contributed by atoms with Crippen LogP contribution in [0.3, 0.4) is 0 Å². The lowest BCUT2D eigenvalue weighted by atomic mass is 9.90. The fourth-order valence-electron chi connectivity index (χ4n) is 4.67. The number of anilines is 1. The van der Waals surface area contributed by atoms with E-state index in [9.17, 15) is 18.0 Å². The first kappa shape index (κ1) is 22.0. The number of ether oxygens (including phenoxy) is 1. The highest BCUT2D eigenvalue weighted by atomic mass is 19.4. The molecule has 2 fully saturated rings. The van der Waals surface area contributed by atoms with Crippen molar-refractivity contribution in [1.29, 1.82) is 0 Å². The Morgan fingerprint density at radius 3 is 2.65 bits per heavy atom. The standard InChI is InChI=1S/C23H28F3N3O2/c1-15-13-29(14-21(31-15)20(30)12-16-7-10-28(2)11-8-16)19-6-5-18(23(24,25)26)22-17(19)4-3-9-27-22/h3-6,9,15-16,21H,7-8,10-14H2,1-2H3/t15-,21-/m1/s1. The Balaban J connectivity index is 1.56. The number of alkyl halides is 3. The Morgan fingerprint density at radius 1 is 1.19 bits per heavy atom. The maximum Gasteiger partial charge on any atom is 0.418 e. The molecule has 2 atom stereocenters. The molecule has 3 heterocycles. The monoisotopic (exact) mass is 435 g/mol. The van der Waals surface area contributed by atoms with Crippen molar-refractivity contribution in [2.75, 3.05) is 38.1 Å². The predicted octanol–water partition coefficient (Wildman–Crippen LogP) is 4.15. The molecule has 0 aliphatic carbocycles. The van der Waals surface area contributed by atoms with Gasteiger partial charge in [-0.1, -0.05) is 0 Å². The summed E-state index contributed by atoms with van der Waals surface area (Å²) in [4.78, 5) is 21.2. The van der Waals surface area contributed by atoms with Crippen LogP contribution in [-0.4, -0.2) is 61.1 Å². The Labute approximate surface area is 180 Å². The van der Waals surface area contributed by atoms with Gasteiger partial charge in [-0.25, -0.2) is 0 Å². The summed E-state index contributed by atoms with van der Waals surface area (Å²) < 4.78 is 46.3. The summed E-state index contributed by atoms with van der Waals surface area (Å²) in [6.07, 6.45) is -1.37. The average Bonchev–Trinajstić information content (AvgIpc) is 2.73. The zero-order valence-electron chi connectivity index (χ0n) is 17.9. The lowest BCUT2D eigenvalue weighted by molar-refractivity contribution is -0.136. The van der Waals surface area contributed by atoms with Gasteiger partial charge in [-0.05, 0) is 70.1 Å². The number of rotatable bonds is 4. The van der Waals surface area contributed by atoms with Crippen LogP contribution < -0.4 is 4.90 Å². The van der Waals surface area contributed by atoms with Gasteiger partial charge in [-0.15, -0.1) is 0 Å². The summed E-state index contributed by atoms with van der Waals surface area (Å²) in [6.45, 7) is 4.73. The number of carbonyl (C=O) groups excluding carboxylic acids is 1. The Bertz CT molecular complexity index is 941. The maximum absolute atomic E-state index is 13.4. The molecule has 0 radical (unpaired) electrons. The van der Waals surface area contributed by atoms with Gasteiger partial charge in [0.05, 0.1) is 23.7 Å². The molecule has 0 unspecified atom stereocenters. The fraction of sp³-hybridized carbons (Fsp3) is 0.565. The number of likely N-dealkylation sites (tertiary alicyclic amines) is 1. The second-order valence-electron chi connectivity index (χ2n) is 8.79. The number of hydrogen-bond acceptors (Lipinski definition) is 5. The van der Waals surface area contributed by atoms with Gasteiger partial charge in [0.15, 0.2) is 5.78 Å². The number of nitrogens with zero attached hydrogens (tertiary/aromatic N) is 3. The van der Waals surface area contributed by atoms with Gasteiger partial charge in [0.1, 0.15) is 6.10 Å². The average molecular weight is 435 g/mol. The SMILES string of the molecule is C[C@@H]1CN(c2ccc(C(F)(F)F)c3ncccc23)C[C@H](C(=O)CC2CCN(C)CC2)O1. The molecule has 0 amide bonds. The lowest BCUT2D eigenvalue weighted by Gasteiger charge is -2.39. The molecule has 2 aliphatic heterocycles. The van der Waals surface area contributed by atoms with Gasteiger partial charge in [0, 0.05) is 30.2 Å². The number of halogens is 3. The smallest absolute Gasteiger partial charge is 0.365 e. The first-order valence-electron chi connectivity index (χ1n) is 10.8. The number of pyridine rings is 1. The summed E-state index contributed by atoms with van der Waals surface area (Å²) in [7, 11) is 2.09. The summed E-state index contributed by atoms with van der Waals surface area (Å²) in [5, 5.41) is 0.438. The molecule has 5 nitrogen and oxygen atoms in total. The van der Waals surface area contributed by atoms with Gasteiger partial charge in [-0.2, -0.15) is 13.2 Å². The molecular weight excluding hydrogens is 407 g/mol. The lowest BCUT2D eigenvalue weighted by Crippen LogP contribution is -2.50. The summed E-state index contributed by atoms with van der Waals surface area (Å²) in [5.74, 6) is 0.453. The molecule has 0 spiro atoms. The van der Waals surface area contributed by atoms with E-state index in [0.29, 0.717) is 36.5 Å². The molecule has 2 saturated heterocycles. The maximum atomic E-state index is 13.4. The van der Waals surface area contributed by atoms with Crippen LogP contribution in [-0.2, 0) is 15.7 Å². The second kappa shape index (κ2) is 8.74. The molecule has 2 aliphatic rings. The quantitative estimate of drug-likeness (QED) is 0.722. The molecular formula is C23H28F3N3O2. The summed E-state index contributed by atoms with van der Waals surface area (Å²) in [6, 6.07) is 5.87. The molecule has 168 valence electrons. The number of piperidine rings is 1. The van der Waals surface area contributed by atoms with Crippen molar-refractivity contribution in [1.82, 2.24) is 9.88 Å². The highest BCUT2D eigenvalue weighted by Gasteiger charge is 2.36. The molecule has 1 aromatic carbocycles. The van der Waals surface area contributed by atoms with E-state index in [1.54, 1.807) is 12.1 Å². The van der Waals surface area contributed by atoms with E-state index in [4.69, 9.17) is 4.74 Å². The highest BCUT2D eigenvalue weighted by Crippen LogP contribution is 2.38. The molecule has 8 heteroatoms. The van der Waals surface area contributed by atoms with Crippen molar-refractivity contribution in [2.45, 2.75) is 44.6 Å². The summed E-state index contributed by atoms with van der Waals surface area (Å²) in [5.41, 5.74) is -0.160. The van der Waals surface area contributed by atoms with E-state index in [-0.39, 0.29) is 17.4 Å². The van der Waals surface area contributed by atoms with Crippen molar-refractivity contribution < 1.29 is 22.7 Å². The Kier molecular flexibility index (Phi) is 6.21. The molecule has 0 N–H and O–H groups in total. The Hall–Kier alpha value is -2.19. The molecule has 31 heavy (non-hydrogen) atoms. The van der Waals surface area contributed by atoms with Crippen LogP contribution in [0.25, 0.3) is 10.9 Å². The molecule has 1 aromatic heterocycles. The van der Waals surface area contributed by atoms with Crippen LogP contribution >= 0.6 is 0 Å². The molecule has 0 saturated carbocycles. The third-order valence-corrected chi connectivity index (χ3v) is 6.34. The van der Waals surface area contributed by atoms with Gasteiger partial charge in [-0.3, -0.25) is 9.78 Å². The topological polar surface area (TPSA) is 45.7 Å². The van der Waals surface area contributed by atoms with Gasteiger partial charge < -0.3 is 14.5 Å². The molecule has 4 rings (SSSR count). The van der Waals surface area contributed by atoms with Crippen LogP contribution in [0.4, 0.5) is 18.9 Å². The van der Waals surface area contributed by atoms with Crippen molar-refractivity contribution in [3.8, 4) is 0 Å². The number of aromatic nitrogens is 1.